The van der Waals surface area contributed by atoms with E-state index < -0.39 is 29.1 Å². The highest BCUT2D eigenvalue weighted by atomic mass is 28.5. The standard InChI is InChI=1S/C18H22O5Si2/c1-15(19)21-24(3,4)23-25(22-16(2)20,17-11-7-5-8-12-17)18-13-9-6-10-14-18/h5-14H,1-4H3. The molecule has 0 fully saturated rings. The molecule has 0 unspecified atom stereocenters. The van der Waals surface area contributed by atoms with Gasteiger partial charge in [-0.05, 0) is 13.1 Å². The number of carbonyl (C=O) groups is 2. The molecule has 0 saturated carbocycles. The van der Waals surface area contributed by atoms with Gasteiger partial charge in [-0.1, -0.05) is 60.7 Å². The SMILES string of the molecule is CC(=O)O[Si](C)(C)O[Si](OC(C)=O)(c1ccccc1)c1ccccc1. The molecule has 0 spiro atoms. The minimum Gasteiger partial charge on any atom is -0.495 e. The quantitative estimate of drug-likeness (QED) is 0.725. The molecule has 2 rings (SSSR count). The van der Waals surface area contributed by atoms with Crippen molar-refractivity contribution in [3.05, 3.63) is 60.7 Å². The molecule has 0 heterocycles. The monoisotopic (exact) mass is 374 g/mol. The fraction of sp³-hybridized carbons (Fsp3) is 0.222. The number of rotatable bonds is 6. The zero-order valence-corrected chi connectivity index (χ0v) is 16.8. The molecule has 0 aliphatic heterocycles. The molecule has 0 amide bonds. The molecule has 0 N–H and O–H groups in total. The van der Waals surface area contributed by atoms with E-state index in [-0.39, 0.29) is 0 Å². The molecular weight excluding hydrogens is 352 g/mol. The lowest BCUT2D eigenvalue weighted by Gasteiger charge is -2.36. The molecule has 0 aliphatic rings. The summed E-state index contributed by atoms with van der Waals surface area (Å²) < 4.78 is 17.7. The molecule has 132 valence electrons. The molecular formula is C18H22O5Si2. The van der Waals surface area contributed by atoms with Crippen LogP contribution in [0.5, 0.6) is 0 Å². The predicted molar refractivity (Wildman–Crippen MR) is 100 cm³/mol. The summed E-state index contributed by atoms with van der Waals surface area (Å²) in [6.07, 6.45) is 0. The average Bonchev–Trinajstić information content (AvgIpc) is 2.54. The van der Waals surface area contributed by atoms with Crippen molar-refractivity contribution in [1.29, 1.82) is 0 Å². The van der Waals surface area contributed by atoms with Gasteiger partial charge in [-0.25, -0.2) is 0 Å². The fourth-order valence-electron chi connectivity index (χ4n) is 2.65. The molecule has 5 nitrogen and oxygen atoms in total. The van der Waals surface area contributed by atoms with Crippen LogP contribution < -0.4 is 10.4 Å². The van der Waals surface area contributed by atoms with E-state index in [1.165, 1.54) is 13.8 Å². The van der Waals surface area contributed by atoms with Crippen molar-refractivity contribution in [2.24, 2.45) is 0 Å². The van der Waals surface area contributed by atoms with Gasteiger partial charge in [-0.3, -0.25) is 9.59 Å². The molecule has 25 heavy (non-hydrogen) atoms. The van der Waals surface area contributed by atoms with E-state index in [9.17, 15) is 9.59 Å². The zero-order chi connectivity index (χ0) is 18.5. The summed E-state index contributed by atoms with van der Waals surface area (Å²) in [5.74, 6) is -0.851. The van der Waals surface area contributed by atoms with Crippen molar-refractivity contribution < 1.29 is 22.6 Å². The Balaban J connectivity index is 2.63. The third-order valence-corrected chi connectivity index (χ3v) is 10.0. The summed E-state index contributed by atoms with van der Waals surface area (Å²) in [6, 6.07) is 18.7. The van der Waals surface area contributed by atoms with E-state index in [0.29, 0.717) is 0 Å². The van der Waals surface area contributed by atoms with Gasteiger partial charge < -0.3 is 13.0 Å². The van der Waals surface area contributed by atoms with Crippen molar-refractivity contribution >= 4 is 39.4 Å². The van der Waals surface area contributed by atoms with E-state index in [1.54, 1.807) is 13.1 Å². The minimum absolute atomic E-state index is 0.413. The summed E-state index contributed by atoms with van der Waals surface area (Å²) in [7, 11) is -6.28. The van der Waals surface area contributed by atoms with Crippen molar-refractivity contribution in [2.75, 3.05) is 0 Å². The molecule has 0 aromatic heterocycles. The Hall–Kier alpha value is -2.23. The summed E-state index contributed by atoms with van der Waals surface area (Å²) in [5.41, 5.74) is 0. The van der Waals surface area contributed by atoms with Crippen LogP contribution in [0.2, 0.25) is 13.1 Å². The van der Waals surface area contributed by atoms with E-state index in [2.05, 4.69) is 0 Å². The lowest BCUT2D eigenvalue weighted by molar-refractivity contribution is -0.133. The van der Waals surface area contributed by atoms with Gasteiger partial charge in [0.2, 0.25) is 0 Å². The fourth-order valence-corrected chi connectivity index (χ4v) is 9.63. The summed E-state index contributed by atoms with van der Waals surface area (Å²) in [6.45, 7) is 6.24. The molecule has 0 saturated heterocycles. The van der Waals surface area contributed by atoms with Crippen LogP contribution in [-0.4, -0.2) is 29.1 Å². The first-order valence-corrected chi connectivity index (χ1v) is 12.6. The largest absolute Gasteiger partial charge is 0.495 e. The lowest BCUT2D eigenvalue weighted by Crippen LogP contribution is -2.68. The second kappa shape index (κ2) is 7.77. The molecule has 7 heteroatoms. The zero-order valence-electron chi connectivity index (χ0n) is 14.8. The minimum atomic E-state index is -3.38. The Morgan fingerprint density at radius 2 is 1.12 bits per heavy atom. The molecule has 2 aromatic carbocycles. The van der Waals surface area contributed by atoms with Crippen LogP contribution in [0.25, 0.3) is 0 Å². The van der Waals surface area contributed by atoms with Crippen molar-refractivity contribution in [1.82, 2.24) is 0 Å². The highest BCUT2D eigenvalue weighted by molar-refractivity contribution is 6.98. The maximum Gasteiger partial charge on any atom is 0.462 e. The highest BCUT2D eigenvalue weighted by Gasteiger charge is 2.51. The Bertz CT molecular complexity index is 692. The summed E-state index contributed by atoms with van der Waals surface area (Å²) in [4.78, 5) is 23.4. The number of hydrogen-bond acceptors (Lipinski definition) is 5. The van der Waals surface area contributed by atoms with Gasteiger partial charge in [0.25, 0.3) is 11.9 Å². The molecule has 0 atom stereocenters. The van der Waals surface area contributed by atoms with Gasteiger partial charge in [-0.2, -0.15) is 0 Å². The van der Waals surface area contributed by atoms with Gasteiger partial charge >= 0.3 is 17.1 Å². The first kappa shape index (κ1) is 19.1. The molecule has 0 radical (unpaired) electrons. The smallest absolute Gasteiger partial charge is 0.462 e. The maximum atomic E-state index is 12.0. The van der Waals surface area contributed by atoms with Crippen LogP contribution in [0.4, 0.5) is 0 Å². The van der Waals surface area contributed by atoms with E-state index in [0.717, 1.165) is 10.4 Å². The van der Waals surface area contributed by atoms with Crippen molar-refractivity contribution in [3.63, 3.8) is 0 Å². The summed E-state index contributed by atoms with van der Waals surface area (Å²) in [5, 5.41) is 1.56. The van der Waals surface area contributed by atoms with Crippen molar-refractivity contribution in [3.8, 4) is 0 Å². The van der Waals surface area contributed by atoms with E-state index in [4.69, 9.17) is 13.0 Å². The number of hydrogen-bond donors (Lipinski definition) is 0. The van der Waals surface area contributed by atoms with E-state index >= 15 is 0 Å². The number of benzene rings is 2. The second-order valence-corrected chi connectivity index (χ2v) is 12.5. The van der Waals surface area contributed by atoms with Crippen LogP contribution in [0.1, 0.15) is 13.8 Å². The first-order valence-electron chi connectivity index (χ1n) is 7.95. The normalized spacial score (nSPS) is 11.7. The van der Waals surface area contributed by atoms with Crippen molar-refractivity contribution in [2.45, 2.75) is 26.9 Å². The third kappa shape index (κ3) is 4.88. The first-order chi connectivity index (χ1) is 11.8. The Morgan fingerprint density at radius 1 is 0.720 bits per heavy atom. The van der Waals surface area contributed by atoms with E-state index in [1.807, 2.05) is 60.7 Å². The Labute approximate surface area is 150 Å². The Kier molecular flexibility index (Phi) is 5.94. The van der Waals surface area contributed by atoms with Gasteiger partial charge in [0.1, 0.15) is 0 Å². The average molecular weight is 375 g/mol. The molecule has 0 bridgehead atoms. The number of carbonyl (C=O) groups excluding carboxylic acids is 2. The topological polar surface area (TPSA) is 61.8 Å². The van der Waals surface area contributed by atoms with Crippen LogP contribution in [0.3, 0.4) is 0 Å². The lowest BCUT2D eigenvalue weighted by atomic mass is 10.4. The second-order valence-electron chi connectivity index (χ2n) is 6.04. The highest BCUT2D eigenvalue weighted by Crippen LogP contribution is 2.18. The van der Waals surface area contributed by atoms with Gasteiger partial charge in [-0.15, -0.1) is 0 Å². The van der Waals surface area contributed by atoms with Gasteiger partial charge in [0.15, 0.2) is 0 Å². The third-order valence-electron chi connectivity index (χ3n) is 3.37. The Morgan fingerprint density at radius 3 is 1.48 bits per heavy atom. The van der Waals surface area contributed by atoms with Crippen LogP contribution >= 0.6 is 0 Å². The maximum absolute atomic E-state index is 12.0. The predicted octanol–water partition coefficient (Wildman–Crippen LogP) is 2.09. The molecule has 0 aliphatic carbocycles. The van der Waals surface area contributed by atoms with Gasteiger partial charge in [0.05, 0.1) is 0 Å². The van der Waals surface area contributed by atoms with Gasteiger partial charge in [0, 0.05) is 24.2 Å². The van der Waals surface area contributed by atoms with Crippen LogP contribution in [0, 0.1) is 0 Å². The molecule has 2 aromatic rings. The summed E-state index contributed by atoms with van der Waals surface area (Å²) >= 11 is 0. The van der Waals surface area contributed by atoms with Crippen LogP contribution in [0.15, 0.2) is 60.7 Å². The van der Waals surface area contributed by atoms with Crippen LogP contribution in [-0.2, 0) is 22.6 Å².